The zero-order valence-electron chi connectivity index (χ0n) is 20.8. The predicted octanol–water partition coefficient (Wildman–Crippen LogP) is 4.37. The number of rotatable bonds is 10. The number of alkyl halides is 3. The highest BCUT2D eigenvalue weighted by atomic mass is 35.5. The van der Waals surface area contributed by atoms with Gasteiger partial charge >= 0.3 is 12.3 Å². The maximum Gasteiger partial charge on any atom is 0.573 e. The molecule has 0 spiro atoms. The van der Waals surface area contributed by atoms with E-state index in [4.69, 9.17) is 14.6 Å². The summed E-state index contributed by atoms with van der Waals surface area (Å²) in [6, 6.07) is 11.8. The number of carboxylic acid groups (broad SMARTS) is 1. The average molecular weight is 559 g/mol. The van der Waals surface area contributed by atoms with Gasteiger partial charge in [-0.1, -0.05) is 18.2 Å². The number of likely N-dealkylation sites (N-methyl/N-ethyl adjacent to an activating group) is 1. The van der Waals surface area contributed by atoms with Crippen molar-refractivity contribution in [3.05, 3.63) is 59.7 Å². The molecule has 4 rings (SSSR count). The molecule has 0 atom stereocenters. The Labute approximate surface area is 224 Å². The fourth-order valence-corrected chi connectivity index (χ4v) is 4.64. The molecule has 12 heteroatoms. The standard InChI is InChI=1S/C26H29F3N2O6.ClH/c1-31(13-16-36-20-3-2-4-21(17-20)37-26(27,28)29)25(11-14-35-15-12-25)23(34)30-24(9-10-24)19-7-5-18(6-8-19)22(32)33;/h2-8,17H,9-16H2,1H3,(H,30,34)(H,32,33);1H. The molecule has 8 nitrogen and oxygen atoms in total. The lowest BCUT2D eigenvalue weighted by atomic mass is 9.86. The van der Waals surface area contributed by atoms with Crippen molar-refractivity contribution < 1.29 is 42.1 Å². The van der Waals surface area contributed by atoms with Crippen LogP contribution in [0.2, 0.25) is 0 Å². The molecule has 0 bridgehead atoms. The molecule has 0 unspecified atom stereocenters. The topological polar surface area (TPSA) is 97.3 Å². The highest BCUT2D eigenvalue weighted by molar-refractivity contribution is 5.88. The number of carbonyl (C=O) groups is 2. The summed E-state index contributed by atoms with van der Waals surface area (Å²) in [5.74, 6) is -1.30. The Morgan fingerprint density at radius 2 is 1.68 bits per heavy atom. The van der Waals surface area contributed by atoms with E-state index in [9.17, 15) is 22.8 Å². The summed E-state index contributed by atoms with van der Waals surface area (Å²) in [6.45, 7) is 1.31. The first-order chi connectivity index (χ1) is 17.5. The number of ether oxygens (including phenoxy) is 3. The SMILES string of the molecule is CN(CCOc1cccc(OC(F)(F)F)c1)C1(C(=O)NC2(c3ccc(C(=O)O)cc3)CC2)CCOCC1.Cl. The third-order valence-corrected chi connectivity index (χ3v) is 7.00. The molecule has 1 amide bonds. The Bertz CT molecular complexity index is 1120. The normalized spacial score (nSPS) is 17.7. The number of hydrogen-bond acceptors (Lipinski definition) is 6. The molecule has 1 saturated heterocycles. The van der Waals surface area contributed by atoms with Crippen molar-refractivity contribution in [3.8, 4) is 11.5 Å². The molecule has 2 aromatic carbocycles. The summed E-state index contributed by atoms with van der Waals surface area (Å²) in [7, 11) is 1.82. The molecule has 208 valence electrons. The van der Waals surface area contributed by atoms with Gasteiger partial charge in [0.1, 0.15) is 23.6 Å². The van der Waals surface area contributed by atoms with Crippen LogP contribution < -0.4 is 14.8 Å². The van der Waals surface area contributed by atoms with Gasteiger partial charge in [-0.3, -0.25) is 9.69 Å². The van der Waals surface area contributed by atoms with Crippen molar-refractivity contribution >= 4 is 24.3 Å². The zero-order chi connectivity index (χ0) is 26.7. The van der Waals surface area contributed by atoms with E-state index in [1.165, 1.54) is 30.3 Å². The summed E-state index contributed by atoms with van der Waals surface area (Å²) in [5, 5.41) is 12.4. The van der Waals surface area contributed by atoms with Gasteiger partial charge < -0.3 is 24.6 Å². The van der Waals surface area contributed by atoms with Gasteiger partial charge in [0, 0.05) is 25.8 Å². The minimum absolute atomic E-state index is 0. The number of carbonyl (C=O) groups excluding carboxylic acids is 1. The van der Waals surface area contributed by atoms with Crippen LogP contribution in [0.3, 0.4) is 0 Å². The van der Waals surface area contributed by atoms with Crippen LogP contribution in [0.4, 0.5) is 13.2 Å². The number of benzene rings is 2. The zero-order valence-corrected chi connectivity index (χ0v) is 21.6. The van der Waals surface area contributed by atoms with Crippen molar-refractivity contribution in [2.24, 2.45) is 0 Å². The van der Waals surface area contributed by atoms with Crippen molar-refractivity contribution in [2.75, 3.05) is 33.4 Å². The molecular weight excluding hydrogens is 529 g/mol. The molecule has 1 aliphatic carbocycles. The third kappa shape index (κ3) is 6.89. The maximum atomic E-state index is 13.7. The Balaban J connectivity index is 0.00000400. The molecule has 2 fully saturated rings. The monoisotopic (exact) mass is 558 g/mol. The molecule has 0 aromatic heterocycles. The molecule has 1 saturated carbocycles. The maximum absolute atomic E-state index is 13.7. The van der Waals surface area contributed by atoms with Gasteiger partial charge in [-0.05, 0) is 62.6 Å². The van der Waals surface area contributed by atoms with E-state index in [1.807, 2.05) is 11.9 Å². The molecule has 1 aliphatic heterocycles. The fraction of sp³-hybridized carbons (Fsp3) is 0.462. The van der Waals surface area contributed by atoms with Gasteiger partial charge in [0.05, 0.1) is 11.1 Å². The van der Waals surface area contributed by atoms with Crippen molar-refractivity contribution in [1.82, 2.24) is 10.2 Å². The molecule has 2 aromatic rings. The molecule has 2 N–H and O–H groups in total. The number of aromatic carboxylic acids is 1. The second-order valence-electron chi connectivity index (χ2n) is 9.36. The van der Waals surface area contributed by atoms with Crippen LogP contribution in [0.15, 0.2) is 48.5 Å². The lowest BCUT2D eigenvalue weighted by Gasteiger charge is -2.43. The minimum Gasteiger partial charge on any atom is -0.492 e. The quantitative estimate of drug-likeness (QED) is 0.447. The number of nitrogens with zero attached hydrogens (tertiary/aromatic N) is 1. The van der Waals surface area contributed by atoms with E-state index in [0.29, 0.717) is 32.6 Å². The first kappa shape index (κ1) is 29.5. The van der Waals surface area contributed by atoms with Crippen LogP contribution in [0.5, 0.6) is 11.5 Å². The third-order valence-electron chi connectivity index (χ3n) is 7.00. The second-order valence-corrected chi connectivity index (χ2v) is 9.36. The summed E-state index contributed by atoms with van der Waals surface area (Å²) >= 11 is 0. The van der Waals surface area contributed by atoms with E-state index in [0.717, 1.165) is 24.5 Å². The molecule has 0 radical (unpaired) electrons. The summed E-state index contributed by atoms with van der Waals surface area (Å²) in [5.41, 5.74) is -0.336. The number of halogens is 4. The first-order valence-corrected chi connectivity index (χ1v) is 12.0. The molecular formula is C26H30ClF3N2O6. The molecule has 1 heterocycles. The Morgan fingerprint density at radius 1 is 1.05 bits per heavy atom. The predicted molar refractivity (Wildman–Crippen MR) is 134 cm³/mol. The molecule has 38 heavy (non-hydrogen) atoms. The number of amides is 1. The lowest BCUT2D eigenvalue weighted by Crippen LogP contribution is -2.62. The largest absolute Gasteiger partial charge is 0.573 e. The van der Waals surface area contributed by atoms with Crippen molar-refractivity contribution in [1.29, 1.82) is 0 Å². The smallest absolute Gasteiger partial charge is 0.492 e. The van der Waals surface area contributed by atoms with Crippen LogP contribution in [-0.4, -0.2) is 67.2 Å². The van der Waals surface area contributed by atoms with Gasteiger partial charge in [-0.2, -0.15) is 0 Å². The average Bonchev–Trinajstić information content (AvgIpc) is 3.64. The highest BCUT2D eigenvalue weighted by Crippen LogP contribution is 2.46. The molecule has 2 aliphatic rings. The minimum atomic E-state index is -4.79. The van der Waals surface area contributed by atoms with Gasteiger partial charge in [-0.15, -0.1) is 25.6 Å². The van der Waals surface area contributed by atoms with Crippen LogP contribution >= 0.6 is 12.4 Å². The van der Waals surface area contributed by atoms with Crippen LogP contribution in [-0.2, 0) is 15.1 Å². The van der Waals surface area contributed by atoms with Gasteiger partial charge in [-0.25, -0.2) is 4.79 Å². The number of nitrogens with one attached hydrogen (secondary N) is 1. The van der Waals surface area contributed by atoms with Crippen LogP contribution in [0.1, 0.15) is 41.6 Å². The first-order valence-electron chi connectivity index (χ1n) is 12.0. The number of carboxylic acids is 1. The summed E-state index contributed by atoms with van der Waals surface area (Å²) in [4.78, 5) is 26.8. The second kappa shape index (κ2) is 11.8. The summed E-state index contributed by atoms with van der Waals surface area (Å²) < 4.78 is 52.6. The van der Waals surface area contributed by atoms with Crippen LogP contribution in [0.25, 0.3) is 0 Å². The number of hydrogen-bond donors (Lipinski definition) is 2. The van der Waals surface area contributed by atoms with E-state index in [1.54, 1.807) is 12.1 Å². The Hall–Kier alpha value is -3.02. The summed E-state index contributed by atoms with van der Waals surface area (Å²) in [6.07, 6.45) is -2.35. The van der Waals surface area contributed by atoms with E-state index in [-0.39, 0.29) is 42.0 Å². The van der Waals surface area contributed by atoms with E-state index in [2.05, 4.69) is 10.1 Å². The highest BCUT2D eigenvalue weighted by Gasteiger charge is 2.51. The lowest BCUT2D eigenvalue weighted by molar-refractivity contribution is -0.274. The van der Waals surface area contributed by atoms with E-state index >= 15 is 0 Å². The van der Waals surface area contributed by atoms with Gasteiger partial charge in [0.25, 0.3) is 0 Å². The van der Waals surface area contributed by atoms with Gasteiger partial charge in [0.15, 0.2) is 0 Å². The van der Waals surface area contributed by atoms with Gasteiger partial charge in [0.2, 0.25) is 5.91 Å². The Morgan fingerprint density at radius 3 is 2.26 bits per heavy atom. The van der Waals surface area contributed by atoms with E-state index < -0.39 is 23.4 Å². The van der Waals surface area contributed by atoms with Crippen LogP contribution in [0, 0.1) is 0 Å². The Kier molecular flexibility index (Phi) is 9.17. The van der Waals surface area contributed by atoms with Crippen molar-refractivity contribution in [3.63, 3.8) is 0 Å². The van der Waals surface area contributed by atoms with Crippen molar-refractivity contribution in [2.45, 2.75) is 43.1 Å². The fourth-order valence-electron chi connectivity index (χ4n) is 4.64.